The van der Waals surface area contributed by atoms with E-state index in [4.69, 9.17) is 4.74 Å². The van der Waals surface area contributed by atoms with Gasteiger partial charge in [0.15, 0.2) is 0 Å². The van der Waals surface area contributed by atoms with Crippen LogP contribution in [0.4, 0.5) is 0 Å². The van der Waals surface area contributed by atoms with Crippen LogP contribution in [-0.2, 0) is 4.74 Å². The minimum atomic E-state index is 0.214. The molecule has 0 unspecified atom stereocenters. The Kier molecular flexibility index (Phi) is 8.20. The highest BCUT2D eigenvalue weighted by Gasteiger charge is 2.06. The molecule has 0 aromatic rings. The standard InChI is InChI=1S/C12H27NO/c1-5-6-7-8-10-14-11-9-13-12(2,3)4/h13H,5-11H2,1-4H3. The van der Waals surface area contributed by atoms with E-state index in [1.54, 1.807) is 0 Å². The van der Waals surface area contributed by atoms with Crippen molar-refractivity contribution >= 4 is 0 Å². The second-order valence-corrected chi connectivity index (χ2v) is 4.85. The third kappa shape index (κ3) is 11.9. The third-order valence-corrected chi connectivity index (χ3v) is 2.04. The molecule has 2 heteroatoms. The van der Waals surface area contributed by atoms with Crippen LogP contribution in [0.2, 0.25) is 0 Å². The summed E-state index contributed by atoms with van der Waals surface area (Å²) in [5, 5.41) is 3.40. The lowest BCUT2D eigenvalue weighted by Gasteiger charge is -2.20. The number of nitrogens with one attached hydrogen (secondary N) is 1. The van der Waals surface area contributed by atoms with Gasteiger partial charge in [-0.25, -0.2) is 0 Å². The fraction of sp³-hybridized carbons (Fsp3) is 1.00. The van der Waals surface area contributed by atoms with E-state index in [0.29, 0.717) is 0 Å². The first-order chi connectivity index (χ1) is 6.56. The molecule has 0 saturated carbocycles. The predicted molar refractivity (Wildman–Crippen MR) is 62.7 cm³/mol. The van der Waals surface area contributed by atoms with E-state index in [1.807, 2.05) is 0 Å². The summed E-state index contributed by atoms with van der Waals surface area (Å²) in [5.41, 5.74) is 0.214. The van der Waals surface area contributed by atoms with Crippen LogP contribution in [0.3, 0.4) is 0 Å². The lowest BCUT2D eigenvalue weighted by molar-refractivity contribution is 0.127. The van der Waals surface area contributed by atoms with Crippen LogP contribution >= 0.6 is 0 Å². The highest BCUT2D eigenvalue weighted by molar-refractivity contribution is 4.69. The molecule has 0 bridgehead atoms. The maximum atomic E-state index is 5.51. The number of rotatable bonds is 8. The van der Waals surface area contributed by atoms with E-state index < -0.39 is 0 Å². The molecule has 86 valence electrons. The van der Waals surface area contributed by atoms with E-state index in [9.17, 15) is 0 Å². The molecule has 0 aliphatic rings. The number of hydrogen-bond acceptors (Lipinski definition) is 2. The summed E-state index contributed by atoms with van der Waals surface area (Å²) >= 11 is 0. The predicted octanol–water partition coefficient (Wildman–Crippen LogP) is 2.97. The van der Waals surface area contributed by atoms with Crippen molar-refractivity contribution in [2.24, 2.45) is 0 Å². The van der Waals surface area contributed by atoms with Crippen molar-refractivity contribution in [2.75, 3.05) is 19.8 Å². The fourth-order valence-corrected chi connectivity index (χ4v) is 1.23. The summed E-state index contributed by atoms with van der Waals surface area (Å²) in [6.07, 6.45) is 5.15. The first-order valence-corrected chi connectivity index (χ1v) is 5.89. The van der Waals surface area contributed by atoms with Gasteiger partial charge in [0, 0.05) is 18.7 Å². The average molecular weight is 201 g/mol. The number of unbranched alkanes of at least 4 members (excludes halogenated alkanes) is 3. The summed E-state index contributed by atoms with van der Waals surface area (Å²) < 4.78 is 5.51. The SMILES string of the molecule is CCCCCCOCCNC(C)(C)C. The maximum Gasteiger partial charge on any atom is 0.0591 e. The Labute approximate surface area is 89.4 Å². The topological polar surface area (TPSA) is 21.3 Å². The highest BCUT2D eigenvalue weighted by atomic mass is 16.5. The molecule has 0 atom stereocenters. The second-order valence-electron chi connectivity index (χ2n) is 4.85. The van der Waals surface area contributed by atoms with Gasteiger partial charge in [0.1, 0.15) is 0 Å². The molecule has 0 heterocycles. The maximum absolute atomic E-state index is 5.51. The molecule has 1 N–H and O–H groups in total. The Morgan fingerprint density at radius 2 is 1.71 bits per heavy atom. The smallest absolute Gasteiger partial charge is 0.0591 e. The quantitative estimate of drug-likeness (QED) is 0.610. The van der Waals surface area contributed by atoms with Crippen LogP contribution in [0.1, 0.15) is 53.4 Å². The molecular formula is C12H27NO. The minimum Gasteiger partial charge on any atom is -0.380 e. The van der Waals surface area contributed by atoms with Gasteiger partial charge >= 0.3 is 0 Å². The van der Waals surface area contributed by atoms with Gasteiger partial charge < -0.3 is 10.1 Å². The van der Waals surface area contributed by atoms with E-state index in [0.717, 1.165) is 19.8 Å². The molecule has 0 amide bonds. The molecule has 0 aromatic heterocycles. The summed E-state index contributed by atoms with van der Waals surface area (Å²) in [6, 6.07) is 0. The molecule has 0 aromatic carbocycles. The molecule has 0 aliphatic carbocycles. The Bertz CT molecular complexity index is 118. The fourth-order valence-electron chi connectivity index (χ4n) is 1.23. The zero-order chi connectivity index (χ0) is 10.9. The number of hydrogen-bond donors (Lipinski definition) is 1. The summed E-state index contributed by atoms with van der Waals surface area (Å²) in [7, 11) is 0. The highest BCUT2D eigenvalue weighted by Crippen LogP contribution is 1.99. The molecule has 14 heavy (non-hydrogen) atoms. The van der Waals surface area contributed by atoms with Crippen LogP contribution in [0.5, 0.6) is 0 Å². The van der Waals surface area contributed by atoms with Gasteiger partial charge in [-0.05, 0) is 27.2 Å². The molecule has 0 fully saturated rings. The van der Waals surface area contributed by atoms with Gasteiger partial charge in [0.25, 0.3) is 0 Å². The Morgan fingerprint density at radius 1 is 1.00 bits per heavy atom. The minimum absolute atomic E-state index is 0.214. The average Bonchev–Trinajstić information content (AvgIpc) is 2.08. The van der Waals surface area contributed by atoms with Crippen LogP contribution in [0.15, 0.2) is 0 Å². The summed E-state index contributed by atoms with van der Waals surface area (Å²) in [6.45, 7) is 11.5. The van der Waals surface area contributed by atoms with E-state index >= 15 is 0 Å². The Hall–Kier alpha value is -0.0800. The van der Waals surface area contributed by atoms with Crippen molar-refractivity contribution in [3.8, 4) is 0 Å². The van der Waals surface area contributed by atoms with Crippen molar-refractivity contribution in [1.29, 1.82) is 0 Å². The third-order valence-electron chi connectivity index (χ3n) is 2.04. The largest absolute Gasteiger partial charge is 0.380 e. The molecule has 0 rings (SSSR count). The van der Waals surface area contributed by atoms with Crippen molar-refractivity contribution in [3.63, 3.8) is 0 Å². The van der Waals surface area contributed by atoms with Gasteiger partial charge in [-0.1, -0.05) is 26.2 Å². The van der Waals surface area contributed by atoms with Crippen molar-refractivity contribution in [3.05, 3.63) is 0 Å². The van der Waals surface area contributed by atoms with Gasteiger partial charge in [-0.2, -0.15) is 0 Å². The monoisotopic (exact) mass is 201 g/mol. The van der Waals surface area contributed by atoms with Gasteiger partial charge in [-0.3, -0.25) is 0 Å². The summed E-state index contributed by atoms with van der Waals surface area (Å²) in [4.78, 5) is 0. The van der Waals surface area contributed by atoms with Crippen molar-refractivity contribution < 1.29 is 4.74 Å². The molecule has 2 nitrogen and oxygen atoms in total. The Morgan fingerprint density at radius 3 is 2.29 bits per heavy atom. The van der Waals surface area contributed by atoms with Crippen LogP contribution in [-0.4, -0.2) is 25.3 Å². The first-order valence-electron chi connectivity index (χ1n) is 5.89. The first kappa shape index (κ1) is 13.9. The summed E-state index contributed by atoms with van der Waals surface area (Å²) in [5.74, 6) is 0. The van der Waals surface area contributed by atoms with Crippen LogP contribution < -0.4 is 5.32 Å². The van der Waals surface area contributed by atoms with Gasteiger partial charge in [0.2, 0.25) is 0 Å². The van der Waals surface area contributed by atoms with Crippen LogP contribution in [0.25, 0.3) is 0 Å². The number of ether oxygens (including phenoxy) is 1. The van der Waals surface area contributed by atoms with E-state index in [-0.39, 0.29) is 5.54 Å². The lowest BCUT2D eigenvalue weighted by Crippen LogP contribution is -2.38. The van der Waals surface area contributed by atoms with Gasteiger partial charge in [0.05, 0.1) is 6.61 Å². The molecule has 0 spiro atoms. The van der Waals surface area contributed by atoms with E-state index in [1.165, 1.54) is 25.7 Å². The molecular weight excluding hydrogens is 174 g/mol. The molecule has 0 radical (unpaired) electrons. The zero-order valence-corrected chi connectivity index (χ0v) is 10.4. The molecule has 0 saturated heterocycles. The Balaban J connectivity index is 2.99. The van der Waals surface area contributed by atoms with Crippen molar-refractivity contribution in [1.82, 2.24) is 5.32 Å². The van der Waals surface area contributed by atoms with Gasteiger partial charge in [-0.15, -0.1) is 0 Å². The van der Waals surface area contributed by atoms with E-state index in [2.05, 4.69) is 33.0 Å². The zero-order valence-electron chi connectivity index (χ0n) is 10.4. The normalized spacial score (nSPS) is 12.0. The molecule has 0 aliphatic heterocycles. The lowest BCUT2D eigenvalue weighted by atomic mass is 10.1. The van der Waals surface area contributed by atoms with Crippen molar-refractivity contribution in [2.45, 2.75) is 58.9 Å². The second kappa shape index (κ2) is 8.25. The van der Waals surface area contributed by atoms with Crippen LogP contribution in [0, 0.1) is 0 Å².